The van der Waals surface area contributed by atoms with E-state index in [2.05, 4.69) is 5.32 Å². The molecule has 4 N–H and O–H groups in total. The third-order valence-electron chi connectivity index (χ3n) is 2.67. The Morgan fingerprint density at radius 2 is 2.06 bits per heavy atom. The highest BCUT2D eigenvalue weighted by molar-refractivity contribution is 5.81. The first-order valence-corrected chi connectivity index (χ1v) is 5.88. The summed E-state index contributed by atoms with van der Waals surface area (Å²) in [5, 5.41) is 12.0. The van der Waals surface area contributed by atoms with Crippen molar-refractivity contribution in [3.05, 3.63) is 35.9 Å². The fourth-order valence-electron chi connectivity index (χ4n) is 1.55. The Balaban J connectivity index is 2.52. The van der Waals surface area contributed by atoms with Gasteiger partial charge in [-0.25, -0.2) is 0 Å². The molecule has 0 heterocycles. The summed E-state index contributed by atoms with van der Waals surface area (Å²) in [5.41, 5.74) is 6.70. The Morgan fingerprint density at radius 3 is 2.59 bits per heavy atom. The fourth-order valence-corrected chi connectivity index (χ4v) is 1.55. The van der Waals surface area contributed by atoms with Crippen LogP contribution in [0, 0.1) is 0 Å². The second-order valence-corrected chi connectivity index (χ2v) is 4.09. The maximum Gasteiger partial charge on any atom is 0.237 e. The van der Waals surface area contributed by atoms with Crippen molar-refractivity contribution in [1.82, 2.24) is 5.32 Å². The molecule has 4 heteroatoms. The van der Waals surface area contributed by atoms with Crippen LogP contribution in [-0.4, -0.2) is 29.7 Å². The van der Waals surface area contributed by atoms with Crippen molar-refractivity contribution in [2.75, 3.05) is 6.61 Å². The van der Waals surface area contributed by atoms with Crippen LogP contribution in [0.15, 0.2) is 30.3 Å². The maximum absolute atomic E-state index is 11.6. The number of hydrogen-bond donors (Lipinski definition) is 3. The van der Waals surface area contributed by atoms with Crippen molar-refractivity contribution >= 4 is 5.91 Å². The van der Waals surface area contributed by atoms with Gasteiger partial charge in [0, 0.05) is 0 Å². The number of amides is 1. The zero-order valence-electron chi connectivity index (χ0n) is 10.1. The molecule has 4 nitrogen and oxygen atoms in total. The molecule has 0 aliphatic rings. The van der Waals surface area contributed by atoms with E-state index in [1.54, 1.807) is 0 Å². The smallest absolute Gasteiger partial charge is 0.237 e. The van der Waals surface area contributed by atoms with E-state index in [0.29, 0.717) is 12.8 Å². The largest absolute Gasteiger partial charge is 0.394 e. The SMILES string of the molecule is CC[C@H](N)C(=O)N[C@@H](CO)Cc1ccccc1. The number of carbonyl (C=O) groups is 1. The number of rotatable bonds is 6. The summed E-state index contributed by atoms with van der Waals surface area (Å²) in [6.07, 6.45) is 1.20. The average molecular weight is 236 g/mol. The van der Waals surface area contributed by atoms with Gasteiger partial charge in [0.15, 0.2) is 0 Å². The lowest BCUT2D eigenvalue weighted by atomic mass is 10.1. The number of nitrogens with two attached hydrogens (primary N) is 1. The number of nitrogens with one attached hydrogen (secondary N) is 1. The molecule has 0 aromatic heterocycles. The molecule has 2 atom stereocenters. The van der Waals surface area contributed by atoms with Crippen LogP contribution >= 0.6 is 0 Å². The van der Waals surface area contributed by atoms with Gasteiger partial charge in [-0.05, 0) is 18.4 Å². The second kappa shape index (κ2) is 7.04. The lowest BCUT2D eigenvalue weighted by molar-refractivity contribution is -0.123. The normalized spacial score (nSPS) is 14.1. The minimum atomic E-state index is -0.500. The Labute approximate surface area is 102 Å². The van der Waals surface area contributed by atoms with Gasteiger partial charge in [-0.2, -0.15) is 0 Å². The van der Waals surface area contributed by atoms with E-state index in [1.165, 1.54) is 0 Å². The summed E-state index contributed by atoms with van der Waals surface area (Å²) in [5.74, 6) is -0.206. The van der Waals surface area contributed by atoms with Crippen molar-refractivity contribution in [2.24, 2.45) is 5.73 Å². The van der Waals surface area contributed by atoms with Gasteiger partial charge >= 0.3 is 0 Å². The zero-order chi connectivity index (χ0) is 12.7. The van der Waals surface area contributed by atoms with Gasteiger partial charge in [0.05, 0.1) is 18.7 Å². The Bertz CT molecular complexity index is 341. The van der Waals surface area contributed by atoms with Crippen molar-refractivity contribution in [2.45, 2.75) is 31.8 Å². The monoisotopic (exact) mass is 236 g/mol. The topological polar surface area (TPSA) is 75.4 Å². The molecular weight excluding hydrogens is 216 g/mol. The van der Waals surface area contributed by atoms with Crippen LogP contribution in [0.1, 0.15) is 18.9 Å². The van der Waals surface area contributed by atoms with Crippen molar-refractivity contribution in [3.8, 4) is 0 Å². The van der Waals surface area contributed by atoms with Crippen LogP contribution in [0.4, 0.5) is 0 Å². The molecule has 0 radical (unpaired) electrons. The summed E-state index contributed by atoms with van der Waals surface area (Å²) >= 11 is 0. The third kappa shape index (κ3) is 4.54. The van der Waals surface area contributed by atoms with Gasteiger partial charge in [0.2, 0.25) is 5.91 Å². The third-order valence-corrected chi connectivity index (χ3v) is 2.67. The van der Waals surface area contributed by atoms with Gasteiger partial charge in [-0.3, -0.25) is 4.79 Å². The molecule has 0 fully saturated rings. The Morgan fingerprint density at radius 1 is 1.41 bits per heavy atom. The number of aliphatic hydroxyl groups is 1. The summed E-state index contributed by atoms with van der Waals surface area (Å²) in [7, 11) is 0. The van der Waals surface area contributed by atoms with Crippen molar-refractivity contribution in [1.29, 1.82) is 0 Å². The first kappa shape index (κ1) is 13.7. The maximum atomic E-state index is 11.6. The predicted octanol–water partition coefficient (Wildman–Crippen LogP) is 0.444. The molecule has 0 saturated carbocycles. The molecule has 94 valence electrons. The average Bonchev–Trinajstić information content (AvgIpc) is 2.38. The van der Waals surface area contributed by atoms with Gasteiger partial charge in [-0.15, -0.1) is 0 Å². The molecule has 0 spiro atoms. The Kier molecular flexibility index (Phi) is 5.66. The highest BCUT2D eigenvalue weighted by Gasteiger charge is 2.16. The van der Waals surface area contributed by atoms with Crippen LogP contribution in [-0.2, 0) is 11.2 Å². The predicted molar refractivity (Wildman–Crippen MR) is 67.4 cm³/mol. The van der Waals surface area contributed by atoms with Crippen LogP contribution in [0.2, 0.25) is 0 Å². The molecule has 0 aliphatic heterocycles. The molecule has 0 unspecified atom stereocenters. The van der Waals surface area contributed by atoms with E-state index in [-0.39, 0.29) is 18.6 Å². The van der Waals surface area contributed by atoms with Crippen LogP contribution in [0.3, 0.4) is 0 Å². The molecule has 0 bridgehead atoms. The standard InChI is InChI=1S/C13H20N2O2/c1-2-12(14)13(17)15-11(9-16)8-10-6-4-3-5-7-10/h3-7,11-12,16H,2,8-9,14H2,1H3,(H,15,17)/t11-,12+/m1/s1. The highest BCUT2D eigenvalue weighted by atomic mass is 16.3. The quantitative estimate of drug-likeness (QED) is 0.671. The minimum absolute atomic E-state index is 0.0862. The zero-order valence-corrected chi connectivity index (χ0v) is 10.1. The molecule has 1 amide bonds. The highest BCUT2D eigenvalue weighted by Crippen LogP contribution is 2.03. The molecule has 0 aliphatic carbocycles. The van der Waals surface area contributed by atoms with E-state index in [1.807, 2.05) is 37.3 Å². The van der Waals surface area contributed by atoms with Gasteiger partial charge < -0.3 is 16.2 Å². The molecule has 1 rings (SSSR count). The number of hydrogen-bond acceptors (Lipinski definition) is 3. The molecule has 17 heavy (non-hydrogen) atoms. The van der Waals surface area contributed by atoms with Gasteiger partial charge in [0.25, 0.3) is 0 Å². The van der Waals surface area contributed by atoms with E-state index in [4.69, 9.17) is 5.73 Å². The minimum Gasteiger partial charge on any atom is -0.394 e. The summed E-state index contributed by atoms with van der Waals surface area (Å²) < 4.78 is 0. The van der Waals surface area contributed by atoms with Crippen LogP contribution in [0.25, 0.3) is 0 Å². The molecular formula is C13H20N2O2. The van der Waals surface area contributed by atoms with Gasteiger partial charge in [-0.1, -0.05) is 37.3 Å². The first-order valence-electron chi connectivity index (χ1n) is 5.88. The van der Waals surface area contributed by atoms with Crippen molar-refractivity contribution in [3.63, 3.8) is 0 Å². The lowest BCUT2D eigenvalue weighted by Crippen LogP contribution is -2.47. The van der Waals surface area contributed by atoms with E-state index in [0.717, 1.165) is 5.56 Å². The van der Waals surface area contributed by atoms with E-state index in [9.17, 15) is 9.90 Å². The lowest BCUT2D eigenvalue weighted by Gasteiger charge is -2.18. The molecule has 0 saturated heterocycles. The molecule has 1 aromatic rings. The van der Waals surface area contributed by atoms with Crippen LogP contribution in [0.5, 0.6) is 0 Å². The van der Waals surface area contributed by atoms with Crippen LogP contribution < -0.4 is 11.1 Å². The van der Waals surface area contributed by atoms with E-state index < -0.39 is 6.04 Å². The number of aliphatic hydroxyl groups excluding tert-OH is 1. The summed E-state index contributed by atoms with van der Waals surface area (Å²) in [4.78, 5) is 11.6. The van der Waals surface area contributed by atoms with Crippen molar-refractivity contribution < 1.29 is 9.90 Å². The summed E-state index contributed by atoms with van der Waals surface area (Å²) in [6, 6.07) is 8.96. The Hall–Kier alpha value is -1.39. The van der Waals surface area contributed by atoms with Gasteiger partial charge in [0.1, 0.15) is 0 Å². The first-order chi connectivity index (χ1) is 8.17. The second-order valence-electron chi connectivity index (χ2n) is 4.09. The number of benzene rings is 1. The molecule has 1 aromatic carbocycles. The van der Waals surface area contributed by atoms with E-state index >= 15 is 0 Å². The fraction of sp³-hybridized carbons (Fsp3) is 0.462. The summed E-state index contributed by atoms with van der Waals surface area (Å²) in [6.45, 7) is 1.77. The number of carbonyl (C=O) groups excluding carboxylic acids is 1.